The lowest BCUT2D eigenvalue weighted by atomic mass is 10.0. The van der Waals surface area contributed by atoms with Crippen LogP contribution in [0.5, 0.6) is 0 Å². The maximum atomic E-state index is 11.8. The van der Waals surface area contributed by atoms with Crippen LogP contribution in [0, 0.1) is 0 Å². The topological polar surface area (TPSA) is 70.0 Å². The Morgan fingerprint density at radius 2 is 1.33 bits per heavy atom. The Bertz CT molecular complexity index is 1180. The Labute approximate surface area is 215 Å². The van der Waals surface area contributed by atoms with Gasteiger partial charge in [0.15, 0.2) is 5.01 Å². The van der Waals surface area contributed by atoms with Crippen molar-refractivity contribution in [1.82, 2.24) is 4.98 Å². The first-order valence-electron chi connectivity index (χ1n) is 12.0. The van der Waals surface area contributed by atoms with Crippen LogP contribution >= 0.6 is 11.3 Å². The summed E-state index contributed by atoms with van der Waals surface area (Å²) in [5.41, 5.74) is 3.07. The monoisotopic (exact) mass is 503 g/mol. The molecule has 0 unspecified atom stereocenters. The average molecular weight is 504 g/mol. The molecular weight excluding hydrogens is 474 g/mol. The molecule has 2 heterocycles. The highest BCUT2D eigenvalue weighted by atomic mass is 32.1. The molecule has 186 valence electrons. The number of aliphatic hydroxyl groups is 1. The summed E-state index contributed by atoms with van der Waals surface area (Å²) in [7, 11) is 0. The number of rotatable bonds is 11. The zero-order valence-corrected chi connectivity index (χ0v) is 20.6. The molecule has 7 heteroatoms. The van der Waals surface area contributed by atoms with Crippen LogP contribution in [-0.4, -0.2) is 35.0 Å². The summed E-state index contributed by atoms with van der Waals surface area (Å²) in [4.78, 5) is 4.36. The first-order chi connectivity index (χ1) is 17.7. The van der Waals surface area contributed by atoms with Crippen LogP contribution < -0.4 is 0 Å². The molecular formula is C29H29NO5S. The van der Waals surface area contributed by atoms with E-state index in [-0.39, 0.29) is 6.61 Å². The third kappa shape index (κ3) is 5.90. The van der Waals surface area contributed by atoms with E-state index in [1.165, 1.54) is 11.3 Å². The quantitative estimate of drug-likeness (QED) is 0.308. The van der Waals surface area contributed by atoms with E-state index in [0.29, 0.717) is 24.8 Å². The Morgan fingerprint density at radius 3 is 1.89 bits per heavy atom. The molecule has 0 radical (unpaired) electrons. The van der Waals surface area contributed by atoms with E-state index in [1.54, 1.807) is 6.20 Å². The predicted molar refractivity (Wildman–Crippen MR) is 137 cm³/mol. The van der Waals surface area contributed by atoms with Gasteiger partial charge in [-0.3, -0.25) is 0 Å². The summed E-state index contributed by atoms with van der Waals surface area (Å²) < 4.78 is 25.0. The van der Waals surface area contributed by atoms with Gasteiger partial charge in [0.2, 0.25) is 5.79 Å². The minimum absolute atomic E-state index is 0.229. The lowest BCUT2D eigenvalue weighted by molar-refractivity contribution is -0.253. The van der Waals surface area contributed by atoms with Gasteiger partial charge >= 0.3 is 0 Å². The van der Waals surface area contributed by atoms with E-state index in [1.807, 2.05) is 96.4 Å². The van der Waals surface area contributed by atoms with Crippen LogP contribution in [0.2, 0.25) is 0 Å². The highest BCUT2D eigenvalue weighted by Crippen LogP contribution is 2.42. The predicted octanol–water partition coefficient (Wildman–Crippen LogP) is 5.07. The maximum absolute atomic E-state index is 11.8. The van der Waals surface area contributed by atoms with Crippen molar-refractivity contribution >= 4 is 11.3 Å². The van der Waals surface area contributed by atoms with E-state index < -0.39 is 24.1 Å². The summed E-state index contributed by atoms with van der Waals surface area (Å²) in [6, 6.07) is 29.7. The highest BCUT2D eigenvalue weighted by molar-refractivity contribution is 7.09. The molecule has 0 saturated carbocycles. The number of hydrogen-bond acceptors (Lipinski definition) is 7. The molecule has 1 aliphatic heterocycles. The molecule has 0 spiro atoms. The summed E-state index contributed by atoms with van der Waals surface area (Å²) in [6.07, 6.45) is -0.308. The second-order valence-corrected chi connectivity index (χ2v) is 9.56. The second-order valence-electron chi connectivity index (χ2n) is 8.67. The van der Waals surface area contributed by atoms with E-state index in [4.69, 9.17) is 18.9 Å². The number of hydrogen-bond donors (Lipinski definition) is 1. The zero-order valence-electron chi connectivity index (χ0n) is 19.8. The molecule has 1 fully saturated rings. The minimum atomic E-state index is -1.76. The van der Waals surface area contributed by atoms with E-state index in [2.05, 4.69) is 4.98 Å². The van der Waals surface area contributed by atoms with Crippen LogP contribution in [0.3, 0.4) is 0 Å². The lowest BCUT2D eigenvalue weighted by Gasteiger charge is -2.29. The van der Waals surface area contributed by atoms with Crippen LogP contribution in [-0.2, 0) is 44.6 Å². The van der Waals surface area contributed by atoms with Crippen LogP contribution in [0.4, 0.5) is 0 Å². The van der Waals surface area contributed by atoms with Crippen LogP contribution in [0.1, 0.15) is 21.7 Å². The van der Waals surface area contributed by atoms with Crippen molar-refractivity contribution in [3.8, 4) is 0 Å². The average Bonchev–Trinajstić information content (AvgIpc) is 3.56. The van der Waals surface area contributed by atoms with Gasteiger partial charge in [-0.15, -0.1) is 11.3 Å². The van der Waals surface area contributed by atoms with Gasteiger partial charge in [0.25, 0.3) is 0 Å². The highest BCUT2D eigenvalue weighted by Gasteiger charge is 2.58. The van der Waals surface area contributed by atoms with Gasteiger partial charge in [0, 0.05) is 11.6 Å². The minimum Gasteiger partial charge on any atom is -0.374 e. The Morgan fingerprint density at radius 1 is 0.778 bits per heavy atom. The smallest absolute Gasteiger partial charge is 0.250 e. The molecule has 6 nitrogen and oxygen atoms in total. The Hall–Kier alpha value is -2.91. The summed E-state index contributed by atoms with van der Waals surface area (Å²) in [5.74, 6) is -1.76. The van der Waals surface area contributed by atoms with Crippen molar-refractivity contribution in [2.45, 2.75) is 43.9 Å². The first kappa shape index (κ1) is 24.8. The van der Waals surface area contributed by atoms with Gasteiger partial charge in [0.1, 0.15) is 18.3 Å². The van der Waals surface area contributed by atoms with Crippen LogP contribution in [0.25, 0.3) is 0 Å². The number of aromatic nitrogens is 1. The van der Waals surface area contributed by atoms with Crippen LogP contribution in [0.15, 0.2) is 103 Å². The van der Waals surface area contributed by atoms with Gasteiger partial charge in [-0.1, -0.05) is 91.0 Å². The third-order valence-corrected chi connectivity index (χ3v) is 6.95. The number of thiazole rings is 1. The first-order valence-corrected chi connectivity index (χ1v) is 12.8. The van der Waals surface area contributed by atoms with Crippen molar-refractivity contribution in [3.05, 3.63) is 124 Å². The van der Waals surface area contributed by atoms with Crippen molar-refractivity contribution in [2.75, 3.05) is 6.61 Å². The number of ether oxygens (including phenoxy) is 4. The maximum Gasteiger partial charge on any atom is 0.250 e. The largest absolute Gasteiger partial charge is 0.374 e. The summed E-state index contributed by atoms with van der Waals surface area (Å²) in [6.45, 7) is 1.30. The van der Waals surface area contributed by atoms with Crippen molar-refractivity contribution in [2.24, 2.45) is 0 Å². The van der Waals surface area contributed by atoms with Gasteiger partial charge in [-0.2, -0.15) is 0 Å². The number of benzene rings is 3. The molecule has 36 heavy (non-hydrogen) atoms. The summed E-state index contributed by atoms with van der Waals surface area (Å²) in [5, 5.41) is 14.0. The zero-order chi connectivity index (χ0) is 24.6. The fraction of sp³-hybridized carbons (Fsp3) is 0.276. The van der Waals surface area contributed by atoms with E-state index in [9.17, 15) is 5.11 Å². The fourth-order valence-corrected chi connectivity index (χ4v) is 4.99. The molecule has 1 aromatic heterocycles. The van der Waals surface area contributed by atoms with Crippen molar-refractivity contribution in [3.63, 3.8) is 0 Å². The molecule has 3 aromatic carbocycles. The summed E-state index contributed by atoms with van der Waals surface area (Å²) >= 11 is 1.32. The molecule has 0 aliphatic carbocycles. The fourth-order valence-electron chi connectivity index (χ4n) is 4.28. The molecule has 0 bridgehead atoms. The molecule has 1 saturated heterocycles. The molecule has 1 aliphatic rings. The van der Waals surface area contributed by atoms with Gasteiger partial charge in [-0.05, 0) is 16.7 Å². The molecule has 4 atom stereocenters. The lowest BCUT2D eigenvalue weighted by Crippen LogP contribution is -2.44. The standard InChI is InChI=1S/C29H29NO5S/c31-29(28-30-16-17-36-28)27(34-20-24-14-8-3-9-15-24)26(33-19-23-12-6-2-7-13-23)25(35-29)21-32-18-22-10-4-1-5-11-22/h1-17,25-27,31H,18-21H2/t25-,26-,27-,29-/m1/s1. The van der Waals surface area contributed by atoms with Crippen molar-refractivity contribution < 1.29 is 24.1 Å². The SMILES string of the molecule is O[C@@]1(c2nccs2)O[C@H](COCc2ccccc2)[C@@H](OCc2ccccc2)[C@H]1OCc1ccccc1. The van der Waals surface area contributed by atoms with Gasteiger partial charge in [-0.25, -0.2) is 4.98 Å². The van der Waals surface area contributed by atoms with Gasteiger partial charge in [0.05, 0.1) is 26.4 Å². The van der Waals surface area contributed by atoms with Gasteiger partial charge < -0.3 is 24.1 Å². The van der Waals surface area contributed by atoms with Crippen molar-refractivity contribution in [1.29, 1.82) is 0 Å². The normalized spacial score (nSPS) is 23.6. The van der Waals surface area contributed by atoms with E-state index in [0.717, 1.165) is 16.7 Å². The Balaban J connectivity index is 1.38. The molecule has 0 amide bonds. The molecule has 1 N–H and O–H groups in total. The molecule has 5 rings (SSSR count). The van der Waals surface area contributed by atoms with E-state index >= 15 is 0 Å². The second kappa shape index (κ2) is 11.9. The number of nitrogens with zero attached hydrogens (tertiary/aromatic N) is 1. The molecule has 4 aromatic rings. The third-order valence-electron chi connectivity index (χ3n) is 6.07. The Kier molecular flexibility index (Phi) is 8.18.